The zero-order chi connectivity index (χ0) is 25.6. The van der Waals surface area contributed by atoms with Crippen molar-refractivity contribution in [2.45, 2.75) is 26.2 Å². The number of halogens is 1. The summed E-state index contributed by atoms with van der Waals surface area (Å²) in [6.45, 7) is 1.77. The fraction of sp³-hybridized carbons (Fsp3) is 0.241. The third-order valence-electron chi connectivity index (χ3n) is 6.87. The molecule has 2 aromatic heterocycles. The van der Waals surface area contributed by atoms with E-state index in [9.17, 15) is 14.4 Å². The van der Waals surface area contributed by atoms with Gasteiger partial charge >= 0.3 is 5.69 Å². The fourth-order valence-electron chi connectivity index (χ4n) is 5.08. The number of alkyl halides is 1. The summed E-state index contributed by atoms with van der Waals surface area (Å²) in [6.07, 6.45) is 1.66. The van der Waals surface area contributed by atoms with Crippen LogP contribution in [-0.4, -0.2) is 25.8 Å². The highest BCUT2D eigenvalue weighted by Gasteiger charge is 2.26. The molecule has 2 heterocycles. The lowest BCUT2D eigenvalue weighted by atomic mass is 9.87. The van der Waals surface area contributed by atoms with Crippen LogP contribution in [0.1, 0.15) is 35.3 Å². The Bertz CT molecular complexity index is 1800. The highest BCUT2D eigenvalue weighted by Crippen LogP contribution is 2.39. The Morgan fingerprint density at radius 3 is 2.31 bits per heavy atom. The van der Waals surface area contributed by atoms with Crippen molar-refractivity contribution in [1.82, 2.24) is 14.1 Å². The molecule has 5 rings (SSSR count). The first-order chi connectivity index (χ1) is 17.3. The van der Waals surface area contributed by atoms with Crippen molar-refractivity contribution < 1.29 is 4.79 Å². The monoisotopic (exact) mass is 499 g/mol. The number of benzene rings is 3. The van der Waals surface area contributed by atoms with Gasteiger partial charge in [0.05, 0.1) is 11.1 Å². The molecule has 3 aromatic carbocycles. The number of aryl methyl sites for hydroxylation is 2. The molecule has 0 N–H and O–H groups in total. The first kappa shape index (κ1) is 23.9. The minimum atomic E-state index is -0.470. The van der Waals surface area contributed by atoms with E-state index < -0.39 is 11.2 Å². The molecule has 0 aliphatic heterocycles. The van der Waals surface area contributed by atoms with Gasteiger partial charge in [0.2, 0.25) is 0 Å². The number of hydrogen-bond donors (Lipinski definition) is 0. The molecule has 36 heavy (non-hydrogen) atoms. The van der Waals surface area contributed by atoms with E-state index >= 15 is 0 Å². The van der Waals surface area contributed by atoms with Gasteiger partial charge in [-0.15, -0.1) is 11.6 Å². The van der Waals surface area contributed by atoms with Crippen LogP contribution in [0.3, 0.4) is 0 Å². The summed E-state index contributed by atoms with van der Waals surface area (Å²) in [7, 11) is 3.05. The zero-order valence-corrected chi connectivity index (χ0v) is 21.2. The van der Waals surface area contributed by atoms with Gasteiger partial charge in [0.15, 0.2) is 5.78 Å². The van der Waals surface area contributed by atoms with Crippen LogP contribution in [0.15, 0.2) is 64.2 Å². The maximum atomic E-state index is 13.7. The second kappa shape index (κ2) is 9.36. The molecule has 0 aliphatic carbocycles. The largest absolute Gasteiger partial charge is 0.332 e. The van der Waals surface area contributed by atoms with Gasteiger partial charge in [-0.3, -0.25) is 18.7 Å². The van der Waals surface area contributed by atoms with Crippen molar-refractivity contribution in [3.8, 4) is 11.1 Å². The van der Waals surface area contributed by atoms with E-state index in [1.807, 2.05) is 48.5 Å². The Hall–Kier alpha value is -3.77. The number of unbranched alkanes of at least 4 members (excludes halogenated alkanes) is 1. The van der Waals surface area contributed by atoms with E-state index in [0.717, 1.165) is 38.1 Å². The molecule has 0 amide bonds. The normalized spacial score (nSPS) is 11.6. The molecule has 0 spiro atoms. The molecular formula is C29H26ClN3O3. The molecule has 7 heteroatoms. The molecule has 0 unspecified atom stereocenters. The van der Waals surface area contributed by atoms with E-state index in [2.05, 4.69) is 11.1 Å². The zero-order valence-electron chi connectivity index (χ0n) is 20.5. The standard InChI is InChI=1S/C29H26ClN3O3/c1-17-24(23(34)14-8-9-15-30)25(26-27(31-17)32(2)29(36)33(3)28(26)35)22-16-18-10-4-5-11-19(18)20-12-6-7-13-21(20)22/h4-7,10-13,16H,8-9,14-15H2,1-3H3. The Balaban J connectivity index is 2.01. The van der Waals surface area contributed by atoms with E-state index in [4.69, 9.17) is 11.6 Å². The average molecular weight is 500 g/mol. The number of carbonyl (C=O) groups excluding carboxylic acids is 1. The van der Waals surface area contributed by atoms with E-state index in [1.165, 1.54) is 11.6 Å². The quantitative estimate of drug-likeness (QED) is 0.134. The van der Waals surface area contributed by atoms with Crippen molar-refractivity contribution in [3.05, 3.63) is 86.7 Å². The van der Waals surface area contributed by atoms with Crippen molar-refractivity contribution in [2.75, 3.05) is 5.88 Å². The summed E-state index contributed by atoms with van der Waals surface area (Å²) in [4.78, 5) is 44.7. The molecule has 0 atom stereocenters. The summed E-state index contributed by atoms with van der Waals surface area (Å²) in [5.41, 5.74) is 1.56. The first-order valence-electron chi connectivity index (χ1n) is 12.0. The smallest absolute Gasteiger partial charge is 0.294 e. The van der Waals surface area contributed by atoms with Crippen LogP contribution in [0.4, 0.5) is 0 Å². The topological polar surface area (TPSA) is 74.0 Å². The number of ketones is 1. The van der Waals surface area contributed by atoms with Gasteiger partial charge in [-0.1, -0.05) is 48.5 Å². The summed E-state index contributed by atoms with van der Waals surface area (Å²) in [5.74, 6) is 0.391. The van der Waals surface area contributed by atoms with Gasteiger partial charge in [0.25, 0.3) is 5.56 Å². The number of Topliss-reactive ketones (excluding diaryl/α,β-unsaturated/α-hetero) is 1. The number of pyridine rings is 1. The highest BCUT2D eigenvalue weighted by atomic mass is 35.5. The van der Waals surface area contributed by atoms with Gasteiger partial charge in [0.1, 0.15) is 5.65 Å². The predicted octanol–water partition coefficient (Wildman–Crippen LogP) is 5.51. The summed E-state index contributed by atoms with van der Waals surface area (Å²) >= 11 is 5.86. The molecule has 0 fully saturated rings. The second-order valence-electron chi connectivity index (χ2n) is 9.11. The predicted molar refractivity (Wildman–Crippen MR) is 146 cm³/mol. The molecule has 0 aliphatic rings. The van der Waals surface area contributed by atoms with Crippen LogP contribution in [0.5, 0.6) is 0 Å². The van der Waals surface area contributed by atoms with Gasteiger partial charge in [-0.05, 0) is 52.9 Å². The van der Waals surface area contributed by atoms with Crippen molar-refractivity contribution in [1.29, 1.82) is 0 Å². The number of nitrogens with zero attached hydrogens (tertiary/aromatic N) is 3. The Morgan fingerprint density at radius 1 is 0.917 bits per heavy atom. The Morgan fingerprint density at radius 2 is 1.58 bits per heavy atom. The maximum absolute atomic E-state index is 13.7. The number of hydrogen-bond acceptors (Lipinski definition) is 4. The van der Waals surface area contributed by atoms with Gasteiger partial charge < -0.3 is 0 Å². The fourth-order valence-corrected chi connectivity index (χ4v) is 5.27. The Labute approximate surface area is 212 Å². The van der Waals surface area contributed by atoms with Gasteiger partial charge in [-0.2, -0.15) is 0 Å². The summed E-state index contributed by atoms with van der Waals surface area (Å²) < 4.78 is 2.45. The molecule has 5 aromatic rings. The van der Waals surface area contributed by atoms with Crippen LogP contribution in [-0.2, 0) is 14.1 Å². The third-order valence-corrected chi connectivity index (χ3v) is 7.14. The number of aromatic nitrogens is 3. The molecule has 0 saturated heterocycles. The summed E-state index contributed by atoms with van der Waals surface area (Å²) in [5, 5.41) is 4.30. The van der Waals surface area contributed by atoms with Crippen molar-refractivity contribution in [3.63, 3.8) is 0 Å². The summed E-state index contributed by atoms with van der Waals surface area (Å²) in [6, 6.07) is 18.1. The van der Waals surface area contributed by atoms with Crippen LogP contribution < -0.4 is 11.2 Å². The molecule has 182 valence electrons. The third kappa shape index (κ3) is 3.73. The lowest BCUT2D eigenvalue weighted by Crippen LogP contribution is -2.38. The molecule has 6 nitrogen and oxygen atoms in total. The van der Waals surface area contributed by atoms with E-state index in [1.54, 1.807) is 14.0 Å². The van der Waals surface area contributed by atoms with E-state index in [0.29, 0.717) is 35.5 Å². The molecule has 0 radical (unpaired) electrons. The molecule has 0 bridgehead atoms. The molecule has 0 saturated carbocycles. The first-order valence-corrected chi connectivity index (χ1v) is 12.5. The maximum Gasteiger partial charge on any atom is 0.332 e. The Kier molecular flexibility index (Phi) is 6.22. The van der Waals surface area contributed by atoms with Crippen LogP contribution in [0, 0.1) is 6.92 Å². The van der Waals surface area contributed by atoms with Crippen LogP contribution in [0.2, 0.25) is 0 Å². The minimum absolute atomic E-state index is 0.0878. The van der Waals surface area contributed by atoms with Crippen molar-refractivity contribution in [2.24, 2.45) is 14.1 Å². The highest BCUT2D eigenvalue weighted by molar-refractivity contribution is 6.19. The van der Waals surface area contributed by atoms with Crippen LogP contribution >= 0.6 is 11.6 Å². The minimum Gasteiger partial charge on any atom is -0.294 e. The van der Waals surface area contributed by atoms with Gasteiger partial charge in [-0.25, -0.2) is 9.78 Å². The number of fused-ring (bicyclic) bond motifs is 4. The lowest BCUT2D eigenvalue weighted by molar-refractivity contribution is 0.0979. The van der Waals surface area contributed by atoms with Crippen LogP contribution in [0.25, 0.3) is 43.7 Å². The van der Waals surface area contributed by atoms with Gasteiger partial charge in [0, 0.05) is 37.5 Å². The molecular weight excluding hydrogens is 474 g/mol. The second-order valence-corrected chi connectivity index (χ2v) is 9.49. The van der Waals surface area contributed by atoms with E-state index in [-0.39, 0.29) is 16.8 Å². The lowest BCUT2D eigenvalue weighted by Gasteiger charge is -2.19. The van der Waals surface area contributed by atoms with Crippen molar-refractivity contribution >= 4 is 50.0 Å². The average Bonchev–Trinajstić information content (AvgIpc) is 2.89. The SMILES string of the molecule is Cc1nc2c(c(-c3cc4ccccc4c4ccccc34)c1C(=O)CCCCCl)c(=O)n(C)c(=O)n2C. The number of rotatable bonds is 6. The number of carbonyl (C=O) groups is 1.